The van der Waals surface area contributed by atoms with Gasteiger partial charge < -0.3 is 15.3 Å². The molecule has 166 valence electrons. The van der Waals surface area contributed by atoms with E-state index in [1.54, 1.807) is 12.1 Å². The number of amides is 2. The molecule has 1 heterocycles. The van der Waals surface area contributed by atoms with Gasteiger partial charge in [-0.2, -0.15) is 0 Å². The molecule has 30 heavy (non-hydrogen) atoms. The maximum Gasteiger partial charge on any atom is 0.227 e. The monoisotopic (exact) mass is 434 g/mol. The van der Waals surface area contributed by atoms with Crippen LogP contribution in [0.1, 0.15) is 71.3 Å². The van der Waals surface area contributed by atoms with Crippen molar-refractivity contribution in [3.8, 4) is 0 Å². The van der Waals surface area contributed by atoms with Gasteiger partial charge in [-0.05, 0) is 43.4 Å². The van der Waals surface area contributed by atoms with E-state index in [0.29, 0.717) is 31.0 Å². The zero-order chi connectivity index (χ0) is 21.9. The van der Waals surface area contributed by atoms with Crippen LogP contribution >= 0.6 is 11.6 Å². The Kier molecular flexibility index (Phi) is 7.13. The first-order valence-electron chi connectivity index (χ1n) is 11.2. The van der Waals surface area contributed by atoms with Gasteiger partial charge in [-0.25, -0.2) is 0 Å². The zero-order valence-electron chi connectivity index (χ0n) is 18.4. The minimum atomic E-state index is -1.02. The van der Waals surface area contributed by atoms with Crippen LogP contribution in [-0.2, 0) is 15.2 Å². The van der Waals surface area contributed by atoms with E-state index in [1.165, 1.54) is 0 Å². The fourth-order valence-electron chi connectivity index (χ4n) is 5.11. The van der Waals surface area contributed by atoms with Crippen LogP contribution < -0.4 is 5.32 Å². The van der Waals surface area contributed by atoms with Crippen molar-refractivity contribution in [2.75, 3.05) is 13.1 Å². The number of rotatable bonds is 5. The zero-order valence-corrected chi connectivity index (χ0v) is 19.2. The molecule has 2 aliphatic rings. The molecule has 1 saturated carbocycles. The molecule has 2 amide bonds. The molecular weight excluding hydrogens is 400 g/mol. The molecule has 2 N–H and O–H groups in total. The Morgan fingerprint density at radius 3 is 2.50 bits per heavy atom. The summed E-state index contributed by atoms with van der Waals surface area (Å²) in [7, 11) is 0. The predicted octanol–water partition coefficient (Wildman–Crippen LogP) is 4.26. The van der Waals surface area contributed by atoms with Gasteiger partial charge in [-0.1, -0.05) is 57.3 Å². The third kappa shape index (κ3) is 4.67. The number of hydrogen-bond acceptors (Lipinski definition) is 3. The van der Waals surface area contributed by atoms with E-state index in [0.717, 1.165) is 37.7 Å². The molecule has 2 fully saturated rings. The Morgan fingerprint density at radius 1 is 1.20 bits per heavy atom. The summed E-state index contributed by atoms with van der Waals surface area (Å²) in [6.07, 6.45) is 5.52. The highest BCUT2D eigenvalue weighted by Gasteiger charge is 2.50. The summed E-state index contributed by atoms with van der Waals surface area (Å²) in [6, 6.07) is 7.28. The fourth-order valence-corrected chi connectivity index (χ4v) is 5.24. The van der Waals surface area contributed by atoms with Gasteiger partial charge in [0.15, 0.2) is 0 Å². The standard InChI is InChI=1S/C24H35ClN2O3/c1-4-7-21(28)26-20-9-6-5-8-19(20)22(29)27-15-14-24(30,23(2,3)16-27)17-10-12-18(25)13-11-17/h10-13,19-20,30H,4-9,14-16H2,1-3H3,(H,26,28)/t19-,20+,24-/m0/s1. The predicted molar refractivity (Wildman–Crippen MR) is 119 cm³/mol. The van der Waals surface area contributed by atoms with Crippen molar-refractivity contribution in [1.29, 1.82) is 0 Å². The molecule has 3 atom stereocenters. The number of aliphatic hydroxyl groups is 1. The van der Waals surface area contributed by atoms with E-state index in [2.05, 4.69) is 5.32 Å². The molecule has 6 heteroatoms. The van der Waals surface area contributed by atoms with Crippen molar-refractivity contribution in [1.82, 2.24) is 10.2 Å². The highest BCUT2D eigenvalue weighted by Crippen LogP contribution is 2.46. The van der Waals surface area contributed by atoms with Crippen LogP contribution in [0.5, 0.6) is 0 Å². The number of nitrogens with zero attached hydrogens (tertiary/aromatic N) is 1. The summed E-state index contributed by atoms with van der Waals surface area (Å²) in [5, 5.41) is 15.3. The molecule has 0 bridgehead atoms. The van der Waals surface area contributed by atoms with Crippen LogP contribution in [0.2, 0.25) is 5.02 Å². The first-order valence-corrected chi connectivity index (χ1v) is 11.6. The maximum atomic E-state index is 13.5. The molecule has 3 rings (SSSR count). The third-order valence-corrected chi connectivity index (χ3v) is 7.24. The van der Waals surface area contributed by atoms with Crippen LogP contribution in [0, 0.1) is 11.3 Å². The highest BCUT2D eigenvalue weighted by molar-refractivity contribution is 6.30. The number of benzene rings is 1. The number of nitrogens with one attached hydrogen (secondary N) is 1. The van der Waals surface area contributed by atoms with Crippen molar-refractivity contribution < 1.29 is 14.7 Å². The SMILES string of the molecule is CCCC(=O)N[C@@H]1CCCC[C@@H]1C(=O)N1CC[C@](O)(c2ccc(Cl)cc2)C(C)(C)C1. The van der Waals surface area contributed by atoms with Gasteiger partial charge in [0.1, 0.15) is 0 Å². The smallest absolute Gasteiger partial charge is 0.227 e. The van der Waals surface area contributed by atoms with Gasteiger partial charge in [0, 0.05) is 36.0 Å². The van der Waals surface area contributed by atoms with Crippen LogP contribution in [0.3, 0.4) is 0 Å². The molecular formula is C24H35ClN2O3. The third-order valence-electron chi connectivity index (χ3n) is 6.99. The number of halogens is 1. The molecule has 0 aromatic heterocycles. The summed E-state index contributed by atoms with van der Waals surface area (Å²) in [5.41, 5.74) is -0.689. The summed E-state index contributed by atoms with van der Waals surface area (Å²) < 4.78 is 0. The van der Waals surface area contributed by atoms with Crippen LogP contribution in [-0.4, -0.2) is 41.0 Å². The Balaban J connectivity index is 1.73. The van der Waals surface area contributed by atoms with Gasteiger partial charge >= 0.3 is 0 Å². The minimum absolute atomic E-state index is 0.0401. The Morgan fingerprint density at radius 2 is 1.87 bits per heavy atom. The second-order valence-electron chi connectivity index (χ2n) is 9.58. The molecule has 0 spiro atoms. The van der Waals surface area contributed by atoms with Crippen LogP contribution in [0.15, 0.2) is 24.3 Å². The Bertz CT molecular complexity index is 764. The molecule has 1 aromatic rings. The average molecular weight is 435 g/mol. The number of carbonyl (C=O) groups is 2. The number of piperidine rings is 1. The lowest BCUT2D eigenvalue weighted by molar-refractivity contribution is -0.158. The molecule has 1 aromatic carbocycles. The molecule has 1 aliphatic carbocycles. The van der Waals surface area contributed by atoms with Gasteiger partial charge in [-0.15, -0.1) is 0 Å². The van der Waals surface area contributed by atoms with E-state index in [1.807, 2.05) is 37.8 Å². The van der Waals surface area contributed by atoms with Crippen molar-refractivity contribution in [2.24, 2.45) is 11.3 Å². The number of likely N-dealkylation sites (tertiary alicyclic amines) is 1. The van der Waals surface area contributed by atoms with E-state index in [9.17, 15) is 14.7 Å². The number of hydrogen-bond donors (Lipinski definition) is 2. The van der Waals surface area contributed by atoms with Gasteiger partial charge in [-0.3, -0.25) is 9.59 Å². The fraction of sp³-hybridized carbons (Fsp3) is 0.667. The van der Waals surface area contributed by atoms with Gasteiger partial charge in [0.2, 0.25) is 11.8 Å². The lowest BCUT2D eigenvalue weighted by atomic mass is 9.66. The second-order valence-corrected chi connectivity index (χ2v) is 10.0. The van der Waals surface area contributed by atoms with E-state index in [-0.39, 0.29) is 23.8 Å². The van der Waals surface area contributed by atoms with Gasteiger partial charge in [0.05, 0.1) is 11.5 Å². The average Bonchev–Trinajstić information content (AvgIpc) is 2.70. The molecule has 0 unspecified atom stereocenters. The van der Waals surface area contributed by atoms with E-state index < -0.39 is 11.0 Å². The molecule has 5 nitrogen and oxygen atoms in total. The summed E-state index contributed by atoms with van der Waals surface area (Å²) >= 11 is 6.02. The first-order chi connectivity index (χ1) is 14.2. The van der Waals surface area contributed by atoms with E-state index in [4.69, 9.17) is 11.6 Å². The molecule has 1 saturated heterocycles. The van der Waals surface area contributed by atoms with Crippen molar-refractivity contribution >= 4 is 23.4 Å². The largest absolute Gasteiger partial charge is 0.384 e. The topological polar surface area (TPSA) is 69.6 Å². The Labute approximate surface area is 185 Å². The lowest BCUT2D eigenvalue weighted by Crippen LogP contribution is -2.59. The quantitative estimate of drug-likeness (QED) is 0.727. The summed E-state index contributed by atoms with van der Waals surface area (Å²) in [5.74, 6) is -0.0156. The second kappa shape index (κ2) is 9.27. The maximum absolute atomic E-state index is 13.5. The number of carbonyl (C=O) groups excluding carboxylic acids is 2. The lowest BCUT2D eigenvalue weighted by Gasteiger charge is -2.51. The first kappa shape index (κ1) is 23.1. The van der Waals surface area contributed by atoms with Crippen molar-refractivity contribution in [2.45, 2.75) is 77.4 Å². The van der Waals surface area contributed by atoms with E-state index >= 15 is 0 Å². The van der Waals surface area contributed by atoms with Crippen LogP contribution in [0.4, 0.5) is 0 Å². The summed E-state index contributed by atoms with van der Waals surface area (Å²) in [6.45, 7) is 7.01. The van der Waals surface area contributed by atoms with Crippen molar-refractivity contribution in [3.05, 3.63) is 34.9 Å². The highest BCUT2D eigenvalue weighted by atomic mass is 35.5. The molecule has 0 radical (unpaired) electrons. The van der Waals surface area contributed by atoms with Gasteiger partial charge in [0.25, 0.3) is 0 Å². The summed E-state index contributed by atoms with van der Waals surface area (Å²) in [4.78, 5) is 27.5. The normalized spacial score (nSPS) is 28.8. The van der Waals surface area contributed by atoms with Crippen LogP contribution in [0.25, 0.3) is 0 Å². The molecule has 1 aliphatic heterocycles. The minimum Gasteiger partial charge on any atom is -0.384 e. The Hall–Kier alpha value is -1.59. The van der Waals surface area contributed by atoms with Crippen molar-refractivity contribution in [3.63, 3.8) is 0 Å².